The Bertz CT molecular complexity index is 467. The molecule has 20 heavy (non-hydrogen) atoms. The van der Waals surface area contributed by atoms with Gasteiger partial charge in [0.25, 0.3) is 0 Å². The summed E-state index contributed by atoms with van der Waals surface area (Å²) in [5.41, 5.74) is 1.08. The summed E-state index contributed by atoms with van der Waals surface area (Å²) in [5.74, 6) is 0.251. The van der Waals surface area contributed by atoms with E-state index in [1.165, 1.54) is 0 Å². The van der Waals surface area contributed by atoms with Crippen LogP contribution in [0.4, 0.5) is 0 Å². The molecule has 5 heteroatoms. The fourth-order valence-corrected chi connectivity index (χ4v) is 3.00. The number of nitrogens with zero attached hydrogens (tertiary/aromatic N) is 2. The standard InChI is InChI=1S/C15H21BrN2O2/c1-17(8-9-18-7-3-6-15(18)20)14(11-19)12-4-2-5-13(16)10-12/h2,4-5,10,14,19H,3,6-9,11H2,1H3. The van der Waals surface area contributed by atoms with Crippen molar-refractivity contribution in [2.24, 2.45) is 0 Å². The van der Waals surface area contributed by atoms with E-state index in [1.54, 1.807) is 0 Å². The molecule has 1 aliphatic rings. The third-order valence-corrected chi connectivity index (χ3v) is 4.33. The average molecular weight is 341 g/mol. The summed E-state index contributed by atoms with van der Waals surface area (Å²) in [7, 11) is 1.99. The molecule has 0 spiro atoms. The molecule has 1 aliphatic heterocycles. The van der Waals surface area contributed by atoms with Crippen LogP contribution in [0.25, 0.3) is 0 Å². The first kappa shape index (κ1) is 15.5. The van der Waals surface area contributed by atoms with Gasteiger partial charge in [0, 0.05) is 30.5 Å². The number of benzene rings is 1. The maximum atomic E-state index is 11.6. The van der Waals surface area contributed by atoms with Crippen molar-refractivity contribution in [3.8, 4) is 0 Å². The van der Waals surface area contributed by atoms with Gasteiger partial charge in [-0.15, -0.1) is 0 Å². The number of carbonyl (C=O) groups excluding carboxylic acids is 1. The Balaban J connectivity index is 1.95. The number of halogens is 1. The highest BCUT2D eigenvalue weighted by Crippen LogP contribution is 2.22. The van der Waals surface area contributed by atoms with Gasteiger partial charge in [-0.3, -0.25) is 9.69 Å². The summed E-state index contributed by atoms with van der Waals surface area (Å²) in [4.78, 5) is 15.6. The Labute approximate surface area is 128 Å². The number of likely N-dealkylation sites (tertiary alicyclic amines) is 1. The maximum Gasteiger partial charge on any atom is 0.222 e. The minimum absolute atomic E-state index is 0.0368. The van der Waals surface area contributed by atoms with Crippen LogP contribution in [0.3, 0.4) is 0 Å². The van der Waals surface area contributed by atoms with Gasteiger partial charge in [0.05, 0.1) is 12.6 Å². The van der Waals surface area contributed by atoms with Crippen LogP contribution >= 0.6 is 15.9 Å². The summed E-state index contributed by atoms with van der Waals surface area (Å²) in [6.07, 6.45) is 1.65. The monoisotopic (exact) mass is 340 g/mol. The molecule has 1 heterocycles. The summed E-state index contributed by atoms with van der Waals surface area (Å²) >= 11 is 3.46. The molecule has 0 radical (unpaired) electrons. The smallest absolute Gasteiger partial charge is 0.222 e. The van der Waals surface area contributed by atoms with Crippen LogP contribution in [-0.4, -0.2) is 54.1 Å². The quantitative estimate of drug-likeness (QED) is 0.861. The molecule has 0 saturated carbocycles. The summed E-state index contributed by atoms with van der Waals surface area (Å²) in [6, 6.07) is 7.95. The first-order valence-electron chi connectivity index (χ1n) is 6.96. The van der Waals surface area contributed by atoms with Gasteiger partial charge >= 0.3 is 0 Å². The molecule has 0 bridgehead atoms. The Morgan fingerprint density at radius 2 is 2.30 bits per heavy atom. The zero-order valence-electron chi connectivity index (χ0n) is 11.8. The van der Waals surface area contributed by atoms with E-state index < -0.39 is 0 Å². The van der Waals surface area contributed by atoms with E-state index in [4.69, 9.17) is 0 Å². The summed E-state index contributed by atoms with van der Waals surface area (Å²) in [6.45, 7) is 2.44. The zero-order valence-corrected chi connectivity index (χ0v) is 13.3. The van der Waals surface area contributed by atoms with Crippen LogP contribution in [0.2, 0.25) is 0 Å². The molecule has 4 nitrogen and oxygen atoms in total. The average Bonchev–Trinajstić information content (AvgIpc) is 2.83. The molecule has 0 aliphatic carbocycles. The molecule has 1 unspecified atom stereocenters. The van der Waals surface area contributed by atoms with E-state index in [-0.39, 0.29) is 18.6 Å². The molecular weight excluding hydrogens is 320 g/mol. The number of amides is 1. The molecule has 2 rings (SSSR count). The van der Waals surface area contributed by atoms with E-state index in [9.17, 15) is 9.90 Å². The highest BCUT2D eigenvalue weighted by molar-refractivity contribution is 9.10. The molecule has 0 aromatic heterocycles. The predicted octanol–water partition coefficient (Wildman–Crippen LogP) is 2.04. The van der Waals surface area contributed by atoms with Crippen LogP contribution in [0, 0.1) is 0 Å². The van der Waals surface area contributed by atoms with Crippen molar-refractivity contribution in [1.29, 1.82) is 0 Å². The van der Waals surface area contributed by atoms with E-state index in [0.717, 1.165) is 36.1 Å². The lowest BCUT2D eigenvalue weighted by molar-refractivity contribution is -0.127. The third kappa shape index (κ3) is 3.81. The molecule has 1 N–H and O–H groups in total. The highest BCUT2D eigenvalue weighted by Gasteiger charge is 2.22. The van der Waals surface area contributed by atoms with Crippen LogP contribution in [0.5, 0.6) is 0 Å². The van der Waals surface area contributed by atoms with Crippen molar-refractivity contribution in [3.63, 3.8) is 0 Å². The second kappa shape index (κ2) is 7.20. The lowest BCUT2D eigenvalue weighted by Crippen LogP contribution is -2.36. The van der Waals surface area contributed by atoms with Gasteiger partial charge in [-0.25, -0.2) is 0 Å². The van der Waals surface area contributed by atoms with E-state index >= 15 is 0 Å². The molecule has 1 aromatic carbocycles. The van der Waals surface area contributed by atoms with Gasteiger partial charge in [0.1, 0.15) is 0 Å². The van der Waals surface area contributed by atoms with Crippen LogP contribution in [0.1, 0.15) is 24.4 Å². The SMILES string of the molecule is CN(CCN1CCCC1=O)C(CO)c1cccc(Br)c1. The first-order chi connectivity index (χ1) is 9.61. The van der Waals surface area contributed by atoms with Crippen molar-refractivity contribution >= 4 is 21.8 Å². The van der Waals surface area contributed by atoms with Crippen LogP contribution < -0.4 is 0 Å². The third-order valence-electron chi connectivity index (χ3n) is 3.83. The molecule has 1 atom stereocenters. The second-order valence-electron chi connectivity index (χ2n) is 5.22. The molecule has 110 valence electrons. The van der Waals surface area contributed by atoms with Crippen LogP contribution in [-0.2, 0) is 4.79 Å². The van der Waals surface area contributed by atoms with Crippen LogP contribution in [0.15, 0.2) is 28.7 Å². The Hall–Kier alpha value is -0.910. The van der Waals surface area contributed by atoms with Crippen molar-refractivity contribution in [1.82, 2.24) is 9.80 Å². The van der Waals surface area contributed by atoms with E-state index in [1.807, 2.05) is 36.2 Å². The lowest BCUT2D eigenvalue weighted by atomic mass is 10.1. The largest absolute Gasteiger partial charge is 0.394 e. The van der Waals surface area contributed by atoms with Gasteiger partial charge in [-0.1, -0.05) is 28.1 Å². The molecular formula is C15H21BrN2O2. The van der Waals surface area contributed by atoms with E-state index in [2.05, 4.69) is 20.8 Å². The number of carbonyl (C=O) groups is 1. The zero-order chi connectivity index (χ0) is 14.5. The molecule has 1 aromatic rings. The Morgan fingerprint density at radius 1 is 1.50 bits per heavy atom. The first-order valence-corrected chi connectivity index (χ1v) is 7.75. The predicted molar refractivity (Wildman–Crippen MR) is 82.4 cm³/mol. The number of likely N-dealkylation sites (N-methyl/N-ethyl adjacent to an activating group) is 1. The summed E-state index contributed by atoms with van der Waals surface area (Å²) < 4.78 is 1.01. The minimum Gasteiger partial charge on any atom is -0.394 e. The van der Waals surface area contributed by atoms with Gasteiger partial charge in [-0.05, 0) is 31.2 Å². The molecule has 1 amide bonds. The Morgan fingerprint density at radius 3 is 2.90 bits per heavy atom. The maximum absolute atomic E-state index is 11.6. The Kier molecular flexibility index (Phi) is 5.57. The highest BCUT2D eigenvalue weighted by atomic mass is 79.9. The minimum atomic E-state index is -0.0368. The molecule has 1 fully saturated rings. The van der Waals surface area contributed by atoms with Gasteiger partial charge in [-0.2, -0.15) is 0 Å². The fourth-order valence-electron chi connectivity index (χ4n) is 2.59. The summed E-state index contributed by atoms with van der Waals surface area (Å²) in [5, 5.41) is 9.65. The van der Waals surface area contributed by atoms with E-state index in [0.29, 0.717) is 6.42 Å². The number of hydrogen-bond acceptors (Lipinski definition) is 3. The number of aliphatic hydroxyl groups is 1. The van der Waals surface area contributed by atoms with Gasteiger partial charge in [0.2, 0.25) is 5.91 Å². The van der Waals surface area contributed by atoms with Crippen molar-refractivity contribution in [3.05, 3.63) is 34.3 Å². The van der Waals surface area contributed by atoms with Crippen molar-refractivity contribution in [2.45, 2.75) is 18.9 Å². The van der Waals surface area contributed by atoms with Gasteiger partial charge < -0.3 is 10.0 Å². The van der Waals surface area contributed by atoms with Crippen molar-refractivity contribution in [2.75, 3.05) is 33.3 Å². The van der Waals surface area contributed by atoms with Gasteiger partial charge in [0.15, 0.2) is 0 Å². The lowest BCUT2D eigenvalue weighted by Gasteiger charge is -2.28. The topological polar surface area (TPSA) is 43.8 Å². The van der Waals surface area contributed by atoms with Crippen molar-refractivity contribution < 1.29 is 9.90 Å². The number of aliphatic hydroxyl groups excluding tert-OH is 1. The normalized spacial score (nSPS) is 17.0. The second-order valence-corrected chi connectivity index (χ2v) is 6.13. The number of hydrogen-bond donors (Lipinski definition) is 1. The fraction of sp³-hybridized carbons (Fsp3) is 0.533. The number of rotatable bonds is 6. The molecule has 1 saturated heterocycles.